The van der Waals surface area contributed by atoms with Gasteiger partial charge in [-0.2, -0.15) is 0 Å². The number of fused-ring (bicyclic) bond motifs is 1. The number of carbonyl (C=O) groups is 2. The Kier molecular flexibility index (Phi) is 2.83. The number of amides is 2. The third kappa shape index (κ3) is 1.73. The van der Waals surface area contributed by atoms with Crippen molar-refractivity contribution >= 4 is 11.8 Å². The lowest BCUT2D eigenvalue weighted by Crippen LogP contribution is -2.57. The molecule has 3 rings (SSSR count). The highest BCUT2D eigenvalue weighted by Crippen LogP contribution is 2.57. The molecule has 18 heavy (non-hydrogen) atoms. The normalized spacial score (nSPS) is 35.9. The second kappa shape index (κ2) is 4.25. The molecule has 0 bridgehead atoms. The Labute approximate surface area is 108 Å². The molecule has 2 N–H and O–H groups in total. The van der Waals surface area contributed by atoms with Crippen LogP contribution in [-0.2, 0) is 9.59 Å². The van der Waals surface area contributed by atoms with Gasteiger partial charge in [0, 0.05) is 13.0 Å². The van der Waals surface area contributed by atoms with Gasteiger partial charge in [0.05, 0.1) is 0 Å². The average Bonchev–Trinajstić information content (AvgIpc) is 2.76. The van der Waals surface area contributed by atoms with Crippen molar-refractivity contribution in [2.24, 2.45) is 17.8 Å². The number of hydrogen-bond donors (Lipinski definition) is 2. The lowest BCUT2D eigenvalue weighted by Gasteiger charge is -2.28. The van der Waals surface area contributed by atoms with Gasteiger partial charge < -0.3 is 10.6 Å². The monoisotopic (exact) mass is 250 g/mol. The number of rotatable bonds is 3. The molecule has 2 amide bonds. The average molecular weight is 250 g/mol. The number of nitrogens with one attached hydrogen (secondary N) is 2. The van der Waals surface area contributed by atoms with E-state index in [1.54, 1.807) is 7.05 Å². The number of hydrogen-bond acceptors (Lipinski definition) is 2. The summed E-state index contributed by atoms with van der Waals surface area (Å²) >= 11 is 0. The molecule has 2 atom stereocenters. The molecule has 0 saturated heterocycles. The molecule has 0 aromatic heterocycles. The summed E-state index contributed by atoms with van der Waals surface area (Å²) in [4.78, 5) is 24.3. The molecule has 3 saturated carbocycles. The lowest BCUT2D eigenvalue weighted by molar-refractivity contribution is -0.134. The Hall–Kier alpha value is -1.06. The fraction of sp³-hybridized carbons (Fsp3) is 0.857. The fourth-order valence-electron chi connectivity index (χ4n) is 4.16. The standard InChI is InChI=1S/C14H22N2O2/c1-15-13(18)14(7-2-3-8-14)16-12(17)11-9-5-4-6-10(9)11/h9-11H,2-8H2,1H3,(H,15,18)(H,16,17)/t9-,10-/m1/s1. The van der Waals surface area contributed by atoms with Crippen LogP contribution in [0.25, 0.3) is 0 Å². The molecule has 0 aliphatic heterocycles. The van der Waals surface area contributed by atoms with Gasteiger partial charge in [0.15, 0.2) is 0 Å². The van der Waals surface area contributed by atoms with Gasteiger partial charge in [-0.25, -0.2) is 0 Å². The third-order valence-electron chi connectivity index (χ3n) is 5.19. The first-order valence-electron chi connectivity index (χ1n) is 7.22. The largest absolute Gasteiger partial charge is 0.357 e. The zero-order valence-corrected chi connectivity index (χ0v) is 11.0. The first-order valence-corrected chi connectivity index (χ1v) is 7.22. The van der Waals surface area contributed by atoms with Crippen LogP contribution in [-0.4, -0.2) is 24.4 Å². The summed E-state index contributed by atoms with van der Waals surface area (Å²) in [5.74, 6) is 1.57. The molecule has 0 heterocycles. The molecular weight excluding hydrogens is 228 g/mol. The van der Waals surface area contributed by atoms with Gasteiger partial charge in [0.1, 0.15) is 5.54 Å². The van der Waals surface area contributed by atoms with E-state index >= 15 is 0 Å². The first-order chi connectivity index (χ1) is 8.68. The van der Waals surface area contributed by atoms with Crippen molar-refractivity contribution in [1.29, 1.82) is 0 Å². The van der Waals surface area contributed by atoms with Gasteiger partial charge in [-0.1, -0.05) is 19.3 Å². The third-order valence-corrected chi connectivity index (χ3v) is 5.19. The Morgan fingerprint density at radius 1 is 1.06 bits per heavy atom. The van der Waals surface area contributed by atoms with Crippen molar-refractivity contribution in [3.05, 3.63) is 0 Å². The van der Waals surface area contributed by atoms with E-state index in [0.29, 0.717) is 11.8 Å². The second-order valence-electron chi connectivity index (χ2n) is 6.14. The molecule has 4 heteroatoms. The predicted octanol–water partition coefficient (Wildman–Crippen LogP) is 1.21. The van der Waals surface area contributed by atoms with Crippen LogP contribution in [0.2, 0.25) is 0 Å². The molecule has 0 spiro atoms. The topological polar surface area (TPSA) is 58.2 Å². The first kappa shape index (κ1) is 12.0. The SMILES string of the molecule is CNC(=O)C1(NC(=O)C2[C@@H]3CCC[C@@H]23)CCCC1. The van der Waals surface area contributed by atoms with Crippen LogP contribution in [0.15, 0.2) is 0 Å². The summed E-state index contributed by atoms with van der Waals surface area (Å²) in [6.45, 7) is 0. The fourth-order valence-corrected chi connectivity index (χ4v) is 4.16. The molecule has 3 aliphatic carbocycles. The molecule has 0 radical (unpaired) electrons. The van der Waals surface area contributed by atoms with Gasteiger partial charge in [0.2, 0.25) is 11.8 Å². The van der Waals surface area contributed by atoms with Crippen LogP contribution in [0.5, 0.6) is 0 Å². The smallest absolute Gasteiger partial charge is 0.245 e. The van der Waals surface area contributed by atoms with Gasteiger partial charge in [-0.3, -0.25) is 9.59 Å². The minimum Gasteiger partial charge on any atom is -0.357 e. The van der Waals surface area contributed by atoms with Crippen molar-refractivity contribution in [1.82, 2.24) is 10.6 Å². The lowest BCUT2D eigenvalue weighted by atomic mass is 9.95. The molecule has 100 valence electrons. The van der Waals surface area contributed by atoms with E-state index in [-0.39, 0.29) is 17.7 Å². The van der Waals surface area contributed by atoms with E-state index in [9.17, 15) is 9.59 Å². The maximum Gasteiger partial charge on any atom is 0.245 e. The quantitative estimate of drug-likeness (QED) is 0.791. The maximum absolute atomic E-state index is 12.3. The molecule has 0 aromatic rings. The minimum absolute atomic E-state index is 0.0147. The summed E-state index contributed by atoms with van der Waals surface area (Å²) in [5.41, 5.74) is -0.608. The van der Waals surface area contributed by atoms with Gasteiger partial charge >= 0.3 is 0 Å². The van der Waals surface area contributed by atoms with Crippen molar-refractivity contribution in [2.45, 2.75) is 50.5 Å². The van der Waals surface area contributed by atoms with Gasteiger partial charge in [-0.05, 0) is 37.5 Å². The minimum atomic E-state index is -0.608. The summed E-state index contributed by atoms with van der Waals surface area (Å²) in [5, 5.41) is 5.79. The van der Waals surface area contributed by atoms with Crippen LogP contribution in [0.3, 0.4) is 0 Å². The summed E-state index contributed by atoms with van der Waals surface area (Å²) in [6.07, 6.45) is 7.34. The zero-order chi connectivity index (χ0) is 12.8. The van der Waals surface area contributed by atoms with Crippen LogP contribution in [0.1, 0.15) is 44.9 Å². The molecule has 0 unspecified atom stereocenters. The Morgan fingerprint density at radius 3 is 2.22 bits per heavy atom. The van der Waals surface area contributed by atoms with E-state index in [4.69, 9.17) is 0 Å². The van der Waals surface area contributed by atoms with Crippen LogP contribution in [0.4, 0.5) is 0 Å². The number of carbonyl (C=O) groups excluding carboxylic acids is 2. The Morgan fingerprint density at radius 2 is 1.67 bits per heavy atom. The zero-order valence-electron chi connectivity index (χ0n) is 11.0. The van der Waals surface area contributed by atoms with E-state index in [0.717, 1.165) is 25.7 Å². The number of likely N-dealkylation sites (N-methyl/N-ethyl adjacent to an activating group) is 1. The predicted molar refractivity (Wildman–Crippen MR) is 67.7 cm³/mol. The second-order valence-corrected chi connectivity index (χ2v) is 6.14. The van der Waals surface area contributed by atoms with Gasteiger partial charge in [0.25, 0.3) is 0 Å². The Balaban J connectivity index is 1.66. The molecule has 3 aliphatic rings. The molecular formula is C14H22N2O2. The van der Waals surface area contributed by atoms with E-state index in [2.05, 4.69) is 10.6 Å². The van der Waals surface area contributed by atoms with Crippen molar-refractivity contribution in [3.8, 4) is 0 Å². The van der Waals surface area contributed by atoms with E-state index < -0.39 is 5.54 Å². The van der Waals surface area contributed by atoms with Crippen LogP contribution < -0.4 is 10.6 Å². The molecule has 0 aromatic carbocycles. The van der Waals surface area contributed by atoms with Gasteiger partial charge in [-0.15, -0.1) is 0 Å². The molecule has 4 nitrogen and oxygen atoms in total. The summed E-state index contributed by atoms with van der Waals surface area (Å²) in [7, 11) is 1.65. The van der Waals surface area contributed by atoms with Crippen LogP contribution >= 0.6 is 0 Å². The van der Waals surface area contributed by atoms with Crippen molar-refractivity contribution < 1.29 is 9.59 Å². The van der Waals surface area contributed by atoms with E-state index in [1.807, 2.05) is 0 Å². The van der Waals surface area contributed by atoms with Crippen molar-refractivity contribution in [2.75, 3.05) is 7.05 Å². The highest BCUT2D eigenvalue weighted by atomic mass is 16.2. The summed E-state index contributed by atoms with van der Waals surface area (Å²) < 4.78 is 0. The summed E-state index contributed by atoms with van der Waals surface area (Å²) in [6, 6.07) is 0. The Bertz CT molecular complexity index is 364. The highest BCUT2D eigenvalue weighted by molar-refractivity contribution is 5.93. The van der Waals surface area contributed by atoms with Crippen LogP contribution in [0, 0.1) is 17.8 Å². The maximum atomic E-state index is 12.3. The molecule has 3 fully saturated rings. The highest BCUT2D eigenvalue weighted by Gasteiger charge is 2.58. The van der Waals surface area contributed by atoms with Crippen molar-refractivity contribution in [3.63, 3.8) is 0 Å². The van der Waals surface area contributed by atoms with E-state index in [1.165, 1.54) is 19.3 Å².